The third kappa shape index (κ3) is 4.32. The Morgan fingerprint density at radius 3 is 2.25 bits per heavy atom. The van der Waals surface area contributed by atoms with Crippen LogP contribution in [-0.4, -0.2) is 32.1 Å². The zero-order valence-corrected chi connectivity index (χ0v) is 11.1. The number of hydrogen-bond acceptors (Lipinski definition) is 1. The van der Waals surface area contributed by atoms with Crippen molar-refractivity contribution in [3.05, 3.63) is 29.8 Å². The first-order chi connectivity index (χ1) is 7.43. The standard InChI is InChI=1S/C11H13F3OTe/c1-2-9(15)7-16-10-5-3-8(4-6-10)11(12,13)14/h3-6,9,15H,2,7H2,1H3. The molecule has 0 saturated carbocycles. The molecule has 0 amide bonds. The molecule has 0 aliphatic carbocycles. The average Bonchev–Trinajstić information content (AvgIpc) is 2.25. The van der Waals surface area contributed by atoms with E-state index in [1.54, 1.807) is 0 Å². The van der Waals surface area contributed by atoms with Gasteiger partial charge in [-0.05, 0) is 0 Å². The normalized spacial score (nSPS) is 13.8. The van der Waals surface area contributed by atoms with Crippen molar-refractivity contribution in [2.24, 2.45) is 0 Å². The number of hydrogen-bond donors (Lipinski definition) is 1. The molecule has 1 aromatic rings. The summed E-state index contributed by atoms with van der Waals surface area (Å²) in [6.45, 7) is 1.89. The maximum absolute atomic E-state index is 12.3. The monoisotopic (exact) mass is 348 g/mol. The molecule has 1 aromatic carbocycles. The van der Waals surface area contributed by atoms with E-state index in [9.17, 15) is 18.3 Å². The average molecular weight is 346 g/mol. The fraction of sp³-hybridized carbons (Fsp3) is 0.455. The Bertz CT molecular complexity index is 321. The first-order valence-electron chi connectivity index (χ1n) is 4.91. The molecule has 0 radical (unpaired) electrons. The second-order valence-electron chi connectivity index (χ2n) is 3.40. The van der Waals surface area contributed by atoms with Gasteiger partial charge in [0.2, 0.25) is 0 Å². The van der Waals surface area contributed by atoms with E-state index in [0.717, 1.165) is 15.7 Å². The van der Waals surface area contributed by atoms with Crippen LogP contribution >= 0.6 is 0 Å². The predicted octanol–water partition coefficient (Wildman–Crippen LogP) is 2.22. The molecule has 0 bridgehead atoms. The molecule has 1 rings (SSSR count). The molecule has 0 fully saturated rings. The van der Waals surface area contributed by atoms with Crippen LogP contribution in [0, 0.1) is 0 Å². The number of halogens is 3. The molecule has 0 spiro atoms. The van der Waals surface area contributed by atoms with Crippen molar-refractivity contribution in [1.82, 2.24) is 0 Å². The fourth-order valence-electron chi connectivity index (χ4n) is 1.05. The Balaban J connectivity index is 2.58. The van der Waals surface area contributed by atoms with E-state index < -0.39 is 32.7 Å². The minimum absolute atomic E-state index is 0.315. The van der Waals surface area contributed by atoms with Gasteiger partial charge in [-0.3, -0.25) is 0 Å². The van der Waals surface area contributed by atoms with Gasteiger partial charge >= 0.3 is 103 Å². The molecular formula is C11H13F3OTe. The van der Waals surface area contributed by atoms with Crippen LogP contribution in [0.25, 0.3) is 0 Å². The van der Waals surface area contributed by atoms with Gasteiger partial charge in [-0.15, -0.1) is 0 Å². The van der Waals surface area contributed by atoms with Crippen LogP contribution < -0.4 is 3.61 Å². The summed E-state index contributed by atoms with van der Waals surface area (Å²) >= 11 is -0.567. The zero-order chi connectivity index (χ0) is 12.2. The van der Waals surface area contributed by atoms with Gasteiger partial charge in [0, 0.05) is 0 Å². The fourth-order valence-corrected chi connectivity index (χ4v) is 3.76. The summed E-state index contributed by atoms with van der Waals surface area (Å²) in [6, 6.07) is 5.26. The van der Waals surface area contributed by atoms with Gasteiger partial charge in [0.1, 0.15) is 0 Å². The summed E-state index contributed by atoms with van der Waals surface area (Å²) in [7, 11) is 0. The van der Waals surface area contributed by atoms with E-state index in [4.69, 9.17) is 0 Å². The number of rotatable bonds is 4. The summed E-state index contributed by atoms with van der Waals surface area (Å²) in [5.74, 6) is 0. The number of benzene rings is 1. The Hall–Kier alpha value is -0.240. The summed E-state index contributed by atoms with van der Waals surface area (Å²) in [5.41, 5.74) is -0.611. The Morgan fingerprint density at radius 1 is 1.25 bits per heavy atom. The van der Waals surface area contributed by atoms with Crippen LogP contribution in [0.2, 0.25) is 4.47 Å². The van der Waals surface area contributed by atoms with Gasteiger partial charge < -0.3 is 0 Å². The van der Waals surface area contributed by atoms with Gasteiger partial charge in [-0.1, -0.05) is 0 Å². The first-order valence-corrected chi connectivity index (χ1v) is 7.73. The number of aliphatic hydroxyl groups is 1. The molecule has 0 heterocycles. The minimum atomic E-state index is -4.26. The SMILES string of the molecule is CCC(O)C[Te]c1ccc(C(F)(F)F)cc1. The van der Waals surface area contributed by atoms with Gasteiger partial charge in [-0.2, -0.15) is 0 Å². The summed E-state index contributed by atoms with van der Waals surface area (Å²) in [5, 5.41) is 9.36. The molecule has 0 aliphatic heterocycles. The molecular weight excluding hydrogens is 333 g/mol. The van der Waals surface area contributed by atoms with E-state index in [0.29, 0.717) is 10.9 Å². The molecule has 5 heteroatoms. The van der Waals surface area contributed by atoms with E-state index in [-0.39, 0.29) is 6.10 Å². The molecule has 1 unspecified atom stereocenters. The van der Waals surface area contributed by atoms with Crippen molar-refractivity contribution in [1.29, 1.82) is 0 Å². The first kappa shape index (κ1) is 13.8. The molecule has 1 nitrogen and oxygen atoms in total. The molecule has 1 atom stereocenters. The van der Waals surface area contributed by atoms with Gasteiger partial charge in [-0.25, -0.2) is 0 Å². The Labute approximate surface area is 103 Å². The topological polar surface area (TPSA) is 20.2 Å². The second kappa shape index (κ2) is 5.90. The van der Waals surface area contributed by atoms with Crippen molar-refractivity contribution in [3.8, 4) is 0 Å². The van der Waals surface area contributed by atoms with Gasteiger partial charge in [0.05, 0.1) is 0 Å². The van der Waals surface area contributed by atoms with Crippen molar-refractivity contribution in [3.63, 3.8) is 0 Å². The van der Waals surface area contributed by atoms with Crippen molar-refractivity contribution < 1.29 is 18.3 Å². The van der Waals surface area contributed by atoms with E-state index >= 15 is 0 Å². The molecule has 0 saturated heterocycles. The van der Waals surface area contributed by atoms with E-state index in [1.165, 1.54) is 12.1 Å². The molecule has 0 aliphatic rings. The number of alkyl halides is 3. The molecule has 0 aromatic heterocycles. The van der Waals surface area contributed by atoms with Crippen molar-refractivity contribution in [2.75, 3.05) is 0 Å². The van der Waals surface area contributed by atoms with Gasteiger partial charge in [0.15, 0.2) is 0 Å². The van der Waals surface area contributed by atoms with Crippen LogP contribution in [-0.2, 0) is 6.18 Å². The predicted molar refractivity (Wildman–Crippen MR) is 57.9 cm³/mol. The van der Waals surface area contributed by atoms with Crippen molar-refractivity contribution >= 4 is 24.5 Å². The quantitative estimate of drug-likeness (QED) is 0.830. The van der Waals surface area contributed by atoms with Gasteiger partial charge in [0.25, 0.3) is 0 Å². The van der Waals surface area contributed by atoms with Crippen molar-refractivity contribution in [2.45, 2.75) is 30.1 Å². The summed E-state index contributed by atoms with van der Waals surface area (Å²) in [6.07, 6.45) is -3.88. The van der Waals surface area contributed by atoms with Crippen LogP contribution in [0.4, 0.5) is 13.2 Å². The number of aliphatic hydroxyl groups excluding tert-OH is 1. The second-order valence-corrected chi connectivity index (χ2v) is 6.52. The van der Waals surface area contributed by atoms with Crippen LogP contribution in [0.5, 0.6) is 0 Å². The summed E-state index contributed by atoms with van der Waals surface area (Å²) in [4.78, 5) is 0. The van der Waals surface area contributed by atoms with Crippen LogP contribution in [0.3, 0.4) is 0 Å². The van der Waals surface area contributed by atoms with Crippen LogP contribution in [0.15, 0.2) is 24.3 Å². The summed E-state index contributed by atoms with van der Waals surface area (Å²) < 4.78 is 38.4. The zero-order valence-electron chi connectivity index (χ0n) is 8.79. The Morgan fingerprint density at radius 2 is 1.81 bits per heavy atom. The molecule has 90 valence electrons. The third-order valence-electron chi connectivity index (χ3n) is 2.10. The molecule has 16 heavy (non-hydrogen) atoms. The molecule has 1 N–H and O–H groups in total. The van der Waals surface area contributed by atoms with E-state index in [2.05, 4.69) is 0 Å². The van der Waals surface area contributed by atoms with E-state index in [1.807, 2.05) is 6.92 Å². The van der Waals surface area contributed by atoms with Crippen LogP contribution in [0.1, 0.15) is 18.9 Å². The third-order valence-corrected chi connectivity index (χ3v) is 5.40. The maximum atomic E-state index is 12.3. The Kier molecular flexibility index (Phi) is 5.10.